The second kappa shape index (κ2) is 5.85. The highest BCUT2D eigenvalue weighted by Crippen LogP contribution is 2.32. The van der Waals surface area contributed by atoms with Crippen molar-refractivity contribution >= 4 is 0 Å². The van der Waals surface area contributed by atoms with E-state index in [9.17, 15) is 0 Å². The van der Waals surface area contributed by atoms with Gasteiger partial charge in [-0.25, -0.2) is 0 Å². The third-order valence-corrected chi connectivity index (χ3v) is 4.30. The van der Waals surface area contributed by atoms with E-state index in [1.165, 1.54) is 36.8 Å². The molecule has 0 aromatic heterocycles. The van der Waals surface area contributed by atoms with Crippen LogP contribution in [0.1, 0.15) is 48.6 Å². The molecule has 2 fully saturated rings. The number of hydrogen-bond acceptors (Lipinski definition) is 2. The van der Waals surface area contributed by atoms with Gasteiger partial charge in [0.1, 0.15) is 0 Å². The summed E-state index contributed by atoms with van der Waals surface area (Å²) in [6, 6.07) is 9.25. The maximum absolute atomic E-state index is 5.45. The van der Waals surface area contributed by atoms with Crippen LogP contribution in [-0.2, 0) is 9.47 Å². The van der Waals surface area contributed by atoms with Crippen molar-refractivity contribution in [2.45, 2.75) is 37.5 Å². The van der Waals surface area contributed by atoms with E-state index < -0.39 is 0 Å². The van der Waals surface area contributed by atoms with Gasteiger partial charge < -0.3 is 9.47 Å². The fourth-order valence-corrected chi connectivity index (χ4v) is 3.13. The third-order valence-electron chi connectivity index (χ3n) is 4.30. The second-order valence-electron chi connectivity index (χ2n) is 5.44. The van der Waals surface area contributed by atoms with Gasteiger partial charge in [0.15, 0.2) is 0 Å². The normalized spacial score (nSPS) is 23.1. The van der Waals surface area contributed by atoms with E-state index in [1.54, 1.807) is 0 Å². The molecule has 2 saturated heterocycles. The molecule has 2 heteroatoms. The minimum absolute atomic E-state index is 0.707. The fourth-order valence-electron chi connectivity index (χ4n) is 3.13. The quantitative estimate of drug-likeness (QED) is 0.795. The van der Waals surface area contributed by atoms with Gasteiger partial charge in [-0.3, -0.25) is 0 Å². The lowest BCUT2D eigenvalue weighted by molar-refractivity contribution is 0.0841. The highest BCUT2D eigenvalue weighted by atomic mass is 16.5. The minimum atomic E-state index is 0.707. The van der Waals surface area contributed by atoms with E-state index in [0.717, 1.165) is 26.4 Å². The monoisotopic (exact) mass is 246 g/mol. The van der Waals surface area contributed by atoms with Crippen molar-refractivity contribution in [1.29, 1.82) is 0 Å². The first kappa shape index (κ1) is 12.2. The zero-order chi connectivity index (χ0) is 12.2. The molecule has 0 unspecified atom stereocenters. The molecule has 2 nitrogen and oxygen atoms in total. The average molecular weight is 246 g/mol. The Kier molecular flexibility index (Phi) is 3.96. The lowest BCUT2D eigenvalue weighted by Crippen LogP contribution is -2.16. The van der Waals surface area contributed by atoms with E-state index in [4.69, 9.17) is 9.47 Å². The van der Waals surface area contributed by atoms with Crippen LogP contribution in [0.25, 0.3) is 0 Å². The Hall–Kier alpha value is -0.860. The Labute approximate surface area is 109 Å². The molecule has 1 aromatic carbocycles. The van der Waals surface area contributed by atoms with Gasteiger partial charge in [0.25, 0.3) is 0 Å². The van der Waals surface area contributed by atoms with Crippen LogP contribution in [0, 0.1) is 0 Å². The van der Waals surface area contributed by atoms with Crippen LogP contribution in [-0.4, -0.2) is 26.4 Å². The van der Waals surface area contributed by atoms with Crippen molar-refractivity contribution in [2.75, 3.05) is 26.4 Å². The number of ether oxygens (including phenoxy) is 2. The summed E-state index contributed by atoms with van der Waals surface area (Å²) in [5, 5.41) is 0. The van der Waals surface area contributed by atoms with Crippen LogP contribution < -0.4 is 0 Å². The summed E-state index contributed by atoms with van der Waals surface area (Å²) in [5.74, 6) is 1.41. The first-order valence-corrected chi connectivity index (χ1v) is 7.19. The molecule has 98 valence electrons. The van der Waals surface area contributed by atoms with Gasteiger partial charge in [-0.2, -0.15) is 0 Å². The molecule has 2 heterocycles. The Bertz CT molecular complexity index is 343. The molecular weight excluding hydrogens is 224 g/mol. The van der Waals surface area contributed by atoms with Crippen molar-refractivity contribution in [3.8, 4) is 0 Å². The third kappa shape index (κ3) is 2.76. The van der Waals surface area contributed by atoms with Crippen LogP contribution in [0.5, 0.6) is 0 Å². The molecule has 3 rings (SSSR count). The van der Waals surface area contributed by atoms with Crippen LogP contribution in [0.2, 0.25) is 0 Å². The van der Waals surface area contributed by atoms with Crippen molar-refractivity contribution in [3.63, 3.8) is 0 Å². The molecule has 2 aliphatic rings. The summed E-state index contributed by atoms with van der Waals surface area (Å²) in [6.07, 6.45) is 4.71. The zero-order valence-corrected chi connectivity index (χ0v) is 10.9. The zero-order valence-electron chi connectivity index (χ0n) is 10.9. The largest absolute Gasteiger partial charge is 0.381 e. The summed E-state index contributed by atoms with van der Waals surface area (Å²) in [6.45, 7) is 3.69. The molecule has 0 atom stereocenters. The molecule has 18 heavy (non-hydrogen) atoms. The average Bonchev–Trinajstić information content (AvgIpc) is 2.49. The number of rotatable bonds is 2. The summed E-state index contributed by atoms with van der Waals surface area (Å²) in [5.41, 5.74) is 3.03. The predicted octanol–water partition coefficient (Wildman–Crippen LogP) is 3.47. The van der Waals surface area contributed by atoms with Crippen LogP contribution in [0.4, 0.5) is 0 Å². The maximum atomic E-state index is 5.45. The van der Waals surface area contributed by atoms with Crippen molar-refractivity contribution < 1.29 is 9.47 Å². The highest BCUT2D eigenvalue weighted by molar-refractivity contribution is 5.29. The summed E-state index contributed by atoms with van der Waals surface area (Å²) >= 11 is 0. The Balaban J connectivity index is 1.75. The summed E-state index contributed by atoms with van der Waals surface area (Å²) in [4.78, 5) is 0. The van der Waals surface area contributed by atoms with E-state index in [2.05, 4.69) is 24.3 Å². The number of hydrogen-bond donors (Lipinski definition) is 0. The topological polar surface area (TPSA) is 18.5 Å². The second-order valence-corrected chi connectivity index (χ2v) is 5.44. The first-order valence-electron chi connectivity index (χ1n) is 7.19. The lowest BCUT2D eigenvalue weighted by atomic mass is 9.86. The van der Waals surface area contributed by atoms with Gasteiger partial charge in [-0.15, -0.1) is 0 Å². The Morgan fingerprint density at radius 2 is 1.17 bits per heavy atom. The summed E-state index contributed by atoms with van der Waals surface area (Å²) < 4.78 is 10.9. The Morgan fingerprint density at radius 3 is 1.61 bits per heavy atom. The van der Waals surface area contributed by atoms with E-state index in [-0.39, 0.29) is 0 Å². The standard InChI is InChI=1S/C16H22O2/c1-2-15(13-4-8-17-9-5-13)12-16(3-1)14-6-10-18-11-7-14/h1-3,12-14H,4-11H2. The van der Waals surface area contributed by atoms with Crippen LogP contribution in [0.3, 0.4) is 0 Å². The lowest BCUT2D eigenvalue weighted by Gasteiger charge is -2.26. The van der Waals surface area contributed by atoms with Crippen molar-refractivity contribution in [3.05, 3.63) is 35.4 Å². The molecule has 0 N–H and O–H groups in total. The molecular formula is C16H22O2. The van der Waals surface area contributed by atoms with E-state index in [0.29, 0.717) is 11.8 Å². The molecule has 2 aliphatic heterocycles. The van der Waals surface area contributed by atoms with Gasteiger partial charge in [-0.05, 0) is 48.6 Å². The predicted molar refractivity (Wildman–Crippen MR) is 72.0 cm³/mol. The molecule has 0 spiro atoms. The van der Waals surface area contributed by atoms with Gasteiger partial charge in [-0.1, -0.05) is 24.3 Å². The molecule has 0 aliphatic carbocycles. The van der Waals surface area contributed by atoms with Crippen LogP contribution in [0.15, 0.2) is 24.3 Å². The van der Waals surface area contributed by atoms with Crippen molar-refractivity contribution in [1.82, 2.24) is 0 Å². The van der Waals surface area contributed by atoms with E-state index >= 15 is 0 Å². The minimum Gasteiger partial charge on any atom is -0.381 e. The molecule has 0 amide bonds. The number of benzene rings is 1. The smallest absolute Gasteiger partial charge is 0.0471 e. The van der Waals surface area contributed by atoms with E-state index in [1.807, 2.05) is 0 Å². The van der Waals surface area contributed by atoms with Crippen molar-refractivity contribution in [2.24, 2.45) is 0 Å². The fraction of sp³-hybridized carbons (Fsp3) is 0.625. The Morgan fingerprint density at radius 1 is 0.722 bits per heavy atom. The molecule has 0 radical (unpaired) electrons. The van der Waals surface area contributed by atoms with Gasteiger partial charge >= 0.3 is 0 Å². The molecule has 0 bridgehead atoms. The molecule has 0 saturated carbocycles. The highest BCUT2D eigenvalue weighted by Gasteiger charge is 2.19. The van der Waals surface area contributed by atoms with Gasteiger partial charge in [0, 0.05) is 26.4 Å². The van der Waals surface area contributed by atoms with Crippen LogP contribution >= 0.6 is 0 Å². The summed E-state index contributed by atoms with van der Waals surface area (Å²) in [7, 11) is 0. The maximum Gasteiger partial charge on any atom is 0.0471 e. The SMILES string of the molecule is c1cc(C2CCOCC2)cc(C2CCOCC2)c1. The molecule has 1 aromatic rings. The van der Waals surface area contributed by atoms with Gasteiger partial charge in [0.05, 0.1) is 0 Å². The van der Waals surface area contributed by atoms with Gasteiger partial charge in [0.2, 0.25) is 0 Å². The first-order chi connectivity index (χ1) is 8.93.